The number of rotatable bonds is 1. The summed E-state index contributed by atoms with van der Waals surface area (Å²) < 4.78 is 45.3. The Balaban J connectivity index is 1.50. The summed E-state index contributed by atoms with van der Waals surface area (Å²) >= 11 is 0. The van der Waals surface area contributed by atoms with Crippen molar-refractivity contribution in [2.24, 2.45) is 16.1 Å². The van der Waals surface area contributed by atoms with Crippen molar-refractivity contribution in [2.45, 2.75) is 12.5 Å². The molecule has 4 heterocycles. The van der Waals surface area contributed by atoms with Gasteiger partial charge >= 0.3 is 0 Å². The number of hydrogen-bond donors (Lipinski definition) is 1. The molecule has 1 atom stereocenters. The Morgan fingerprint density at radius 3 is 2.62 bits per heavy atom. The quantitative estimate of drug-likeness (QED) is 0.554. The molecule has 0 aliphatic carbocycles. The van der Waals surface area contributed by atoms with Crippen LogP contribution >= 0.6 is 0 Å². The summed E-state index contributed by atoms with van der Waals surface area (Å²) in [6.45, 7) is 3.33. The minimum atomic E-state index is -1.05. The molecule has 0 bridgehead atoms. The first-order chi connectivity index (χ1) is 16.4. The Labute approximate surface area is 194 Å². The van der Waals surface area contributed by atoms with Crippen molar-refractivity contribution in [1.82, 2.24) is 4.98 Å². The molecule has 3 aliphatic rings. The first-order valence-electron chi connectivity index (χ1n) is 10.7. The van der Waals surface area contributed by atoms with Crippen molar-refractivity contribution in [1.29, 1.82) is 0 Å². The van der Waals surface area contributed by atoms with Gasteiger partial charge in [-0.2, -0.15) is 0 Å². The maximum Gasteiger partial charge on any atom is 0.283 e. The highest BCUT2D eigenvalue weighted by atomic mass is 19.1. The molecular weight excluding hydrogens is 440 g/mol. The van der Waals surface area contributed by atoms with Gasteiger partial charge in [0, 0.05) is 22.9 Å². The van der Waals surface area contributed by atoms with Gasteiger partial charge < -0.3 is 19.9 Å². The van der Waals surface area contributed by atoms with Crippen LogP contribution in [0.2, 0.25) is 0 Å². The number of aliphatic imine (C=N–C) groups is 1. The van der Waals surface area contributed by atoms with Crippen LogP contribution in [0.25, 0.3) is 11.1 Å². The van der Waals surface area contributed by atoms with Crippen LogP contribution in [0, 0.1) is 28.9 Å². The Morgan fingerprint density at radius 2 is 1.88 bits per heavy atom. The zero-order valence-electron chi connectivity index (χ0n) is 18.2. The minimum Gasteiger partial charge on any atom is -0.462 e. The minimum absolute atomic E-state index is 0.0248. The van der Waals surface area contributed by atoms with E-state index in [0.29, 0.717) is 47.1 Å². The predicted octanol–water partition coefficient (Wildman–Crippen LogP) is 4.11. The van der Waals surface area contributed by atoms with E-state index in [1.165, 1.54) is 0 Å². The van der Waals surface area contributed by atoms with Gasteiger partial charge in [-0.15, -0.1) is 0 Å². The second kappa shape index (κ2) is 7.27. The summed E-state index contributed by atoms with van der Waals surface area (Å²) in [6, 6.07) is 10.3. The van der Waals surface area contributed by atoms with Crippen molar-refractivity contribution >= 4 is 6.02 Å². The van der Waals surface area contributed by atoms with Crippen LogP contribution in [0.5, 0.6) is 11.6 Å². The lowest BCUT2D eigenvalue weighted by Crippen LogP contribution is -2.38. The number of pyridine rings is 1. The van der Waals surface area contributed by atoms with E-state index in [4.69, 9.17) is 19.9 Å². The van der Waals surface area contributed by atoms with Crippen molar-refractivity contribution in [3.63, 3.8) is 0 Å². The molecule has 2 aromatic carbocycles. The largest absolute Gasteiger partial charge is 0.462 e. The second-order valence-electron chi connectivity index (χ2n) is 8.92. The van der Waals surface area contributed by atoms with E-state index in [2.05, 4.69) is 21.8 Å². The molecule has 0 radical (unpaired) electrons. The van der Waals surface area contributed by atoms with Crippen molar-refractivity contribution < 1.29 is 23.0 Å². The normalized spacial score (nSPS) is 21.2. The van der Waals surface area contributed by atoms with Gasteiger partial charge in [0.25, 0.3) is 6.02 Å². The molecule has 3 aromatic rings. The molecule has 0 unspecified atom stereocenters. The zero-order valence-corrected chi connectivity index (χ0v) is 18.2. The van der Waals surface area contributed by atoms with Crippen LogP contribution < -0.4 is 10.5 Å². The standard InChI is InChI=1S/C26H19F2N3O3/c1-25(12-32-13-25)7-6-15-8-20-23(30-11-15)34-22-5-2-16(18-10-17(27)3-4-21(18)28)9-19(22)26(20)14-33-24(29)31-26/h2-5,8-11H,12-14H2,1H3,(H2,29,31)/t26-/m0/s1. The fourth-order valence-corrected chi connectivity index (χ4v) is 4.39. The lowest BCUT2D eigenvalue weighted by Gasteiger charge is -2.33. The molecular formula is C26H19F2N3O3. The van der Waals surface area contributed by atoms with Crippen LogP contribution in [-0.2, 0) is 15.0 Å². The van der Waals surface area contributed by atoms with E-state index in [1.807, 2.05) is 13.0 Å². The van der Waals surface area contributed by atoms with Crippen LogP contribution in [0.15, 0.2) is 53.7 Å². The third-order valence-corrected chi connectivity index (χ3v) is 6.25. The number of fused-ring (bicyclic) bond motifs is 4. The smallest absolute Gasteiger partial charge is 0.283 e. The molecule has 34 heavy (non-hydrogen) atoms. The summed E-state index contributed by atoms with van der Waals surface area (Å²) in [5.41, 5.74) is 7.26. The first-order valence-corrected chi connectivity index (χ1v) is 10.7. The van der Waals surface area contributed by atoms with Gasteiger partial charge in [0.15, 0.2) is 5.54 Å². The topological polar surface area (TPSA) is 79.0 Å². The van der Waals surface area contributed by atoms with Crippen molar-refractivity contribution in [3.8, 4) is 34.6 Å². The van der Waals surface area contributed by atoms with Crippen molar-refractivity contribution in [2.75, 3.05) is 19.8 Å². The van der Waals surface area contributed by atoms with Crippen LogP contribution in [0.1, 0.15) is 23.6 Å². The van der Waals surface area contributed by atoms with Gasteiger partial charge in [-0.1, -0.05) is 17.9 Å². The first kappa shape index (κ1) is 20.6. The fourth-order valence-electron chi connectivity index (χ4n) is 4.39. The maximum atomic E-state index is 14.5. The van der Waals surface area contributed by atoms with Gasteiger partial charge in [-0.25, -0.2) is 18.8 Å². The van der Waals surface area contributed by atoms with Gasteiger partial charge in [-0.05, 0) is 48.9 Å². The molecule has 0 saturated carbocycles. The van der Waals surface area contributed by atoms with Gasteiger partial charge in [-0.3, -0.25) is 0 Å². The number of hydrogen-bond acceptors (Lipinski definition) is 6. The van der Waals surface area contributed by atoms with E-state index < -0.39 is 17.2 Å². The highest BCUT2D eigenvalue weighted by Gasteiger charge is 2.48. The number of nitrogens with two attached hydrogens (primary N) is 1. The van der Waals surface area contributed by atoms with Crippen LogP contribution in [0.3, 0.4) is 0 Å². The predicted molar refractivity (Wildman–Crippen MR) is 120 cm³/mol. The Kier molecular flexibility index (Phi) is 4.41. The summed E-state index contributed by atoms with van der Waals surface area (Å²) in [5.74, 6) is 6.19. The van der Waals surface area contributed by atoms with E-state index in [-0.39, 0.29) is 23.6 Å². The van der Waals surface area contributed by atoms with E-state index >= 15 is 0 Å². The number of halogens is 2. The lowest BCUT2D eigenvalue weighted by molar-refractivity contribution is -0.0648. The molecule has 1 fully saturated rings. The second-order valence-corrected chi connectivity index (χ2v) is 8.92. The van der Waals surface area contributed by atoms with Crippen molar-refractivity contribution in [3.05, 3.63) is 77.0 Å². The Bertz CT molecular complexity index is 1440. The van der Waals surface area contributed by atoms with E-state index in [1.54, 1.807) is 24.4 Å². The van der Waals surface area contributed by atoms with Gasteiger partial charge in [0.05, 0.1) is 24.2 Å². The van der Waals surface area contributed by atoms with Crippen LogP contribution in [0.4, 0.5) is 8.78 Å². The number of aromatic nitrogens is 1. The number of benzene rings is 2. The highest BCUT2D eigenvalue weighted by Crippen LogP contribution is 2.51. The summed E-state index contributed by atoms with van der Waals surface area (Å²) in [4.78, 5) is 9.11. The lowest BCUT2D eigenvalue weighted by atomic mass is 9.81. The molecule has 2 N–H and O–H groups in total. The van der Waals surface area contributed by atoms with Gasteiger partial charge in [0.1, 0.15) is 24.0 Å². The molecule has 3 aliphatic heterocycles. The summed E-state index contributed by atoms with van der Waals surface area (Å²) in [6.07, 6.45) is 1.65. The Morgan fingerprint density at radius 1 is 1.03 bits per heavy atom. The summed E-state index contributed by atoms with van der Waals surface area (Å²) in [5, 5.41) is 0. The average molecular weight is 459 g/mol. The monoisotopic (exact) mass is 459 g/mol. The maximum absolute atomic E-state index is 14.5. The molecule has 6 nitrogen and oxygen atoms in total. The third-order valence-electron chi connectivity index (χ3n) is 6.25. The molecule has 1 spiro atoms. The Hall–Kier alpha value is -3.96. The number of ether oxygens (including phenoxy) is 3. The molecule has 1 saturated heterocycles. The van der Waals surface area contributed by atoms with Crippen LogP contribution in [-0.4, -0.2) is 30.8 Å². The number of nitrogens with zero attached hydrogens (tertiary/aromatic N) is 2. The SMILES string of the molecule is CC1(C#Cc2cnc3c(c2)[C@]2(COC(N)=N2)c2cc(-c4cc(F)ccc4F)ccc2O3)COC1. The van der Waals surface area contributed by atoms with E-state index in [9.17, 15) is 8.78 Å². The molecule has 0 amide bonds. The molecule has 8 heteroatoms. The molecule has 6 rings (SSSR count). The zero-order chi connectivity index (χ0) is 23.5. The molecule has 170 valence electrons. The number of amidine groups is 1. The van der Waals surface area contributed by atoms with E-state index in [0.717, 1.165) is 18.2 Å². The average Bonchev–Trinajstić information content (AvgIpc) is 3.20. The molecule has 1 aromatic heterocycles. The summed E-state index contributed by atoms with van der Waals surface area (Å²) in [7, 11) is 0. The van der Waals surface area contributed by atoms with Gasteiger partial charge in [0.2, 0.25) is 5.88 Å². The fraction of sp³-hybridized carbons (Fsp3) is 0.231. The highest BCUT2D eigenvalue weighted by molar-refractivity contribution is 5.78. The third kappa shape index (κ3) is 3.20.